The van der Waals surface area contributed by atoms with Gasteiger partial charge < -0.3 is 0 Å². The zero-order chi connectivity index (χ0) is 11.3. The monoisotopic (exact) mass is 206 g/mol. The largest absolute Gasteiger partial charge is 0.0853 e. The van der Waals surface area contributed by atoms with Crippen molar-refractivity contribution >= 4 is 0 Å². The van der Waals surface area contributed by atoms with E-state index < -0.39 is 0 Å². The van der Waals surface area contributed by atoms with E-state index in [1.807, 2.05) is 0 Å². The molecule has 0 nitrogen and oxygen atoms in total. The highest BCUT2D eigenvalue weighted by atomic mass is 14.2. The van der Waals surface area contributed by atoms with Crippen molar-refractivity contribution in [1.29, 1.82) is 0 Å². The van der Waals surface area contributed by atoms with E-state index in [1.54, 1.807) is 11.1 Å². The molecule has 0 heteroatoms. The van der Waals surface area contributed by atoms with Gasteiger partial charge in [0, 0.05) is 0 Å². The van der Waals surface area contributed by atoms with E-state index in [0.717, 1.165) is 11.8 Å². The lowest BCUT2D eigenvalue weighted by Crippen LogP contribution is -2.06. The maximum absolute atomic E-state index is 2.47. The summed E-state index contributed by atoms with van der Waals surface area (Å²) in [6.07, 6.45) is 11.4. The zero-order valence-electron chi connectivity index (χ0n) is 10.8. The maximum Gasteiger partial charge on any atom is -0.0168 e. The fourth-order valence-corrected chi connectivity index (χ4v) is 2.19. The molecule has 0 N–H and O–H groups in total. The highest BCUT2D eigenvalue weighted by molar-refractivity contribution is 5.12. The van der Waals surface area contributed by atoms with Gasteiger partial charge in [0.15, 0.2) is 0 Å². The molecule has 0 radical (unpaired) electrons. The van der Waals surface area contributed by atoms with E-state index in [4.69, 9.17) is 0 Å². The molecule has 0 heterocycles. The summed E-state index contributed by atoms with van der Waals surface area (Å²) in [4.78, 5) is 0. The second kappa shape index (κ2) is 6.15. The van der Waals surface area contributed by atoms with Gasteiger partial charge in [-0.1, -0.05) is 37.1 Å². The average Bonchev–Trinajstić information content (AvgIpc) is 2.18. The highest BCUT2D eigenvalue weighted by Crippen LogP contribution is 2.29. The Morgan fingerprint density at radius 2 is 2.27 bits per heavy atom. The number of hydrogen-bond acceptors (Lipinski definition) is 0. The normalized spacial score (nSPS) is 23.1. The van der Waals surface area contributed by atoms with Crippen molar-refractivity contribution in [2.24, 2.45) is 11.8 Å². The van der Waals surface area contributed by atoms with Crippen LogP contribution in [-0.2, 0) is 0 Å². The van der Waals surface area contributed by atoms with Crippen molar-refractivity contribution in [3.63, 3.8) is 0 Å². The predicted octanol–water partition coefficient (Wildman–Crippen LogP) is 5.12. The molecule has 0 aromatic carbocycles. The van der Waals surface area contributed by atoms with E-state index in [1.165, 1.54) is 32.1 Å². The van der Waals surface area contributed by atoms with Crippen molar-refractivity contribution in [2.45, 2.75) is 59.8 Å². The molecule has 15 heavy (non-hydrogen) atoms. The summed E-state index contributed by atoms with van der Waals surface area (Å²) >= 11 is 0. The summed E-state index contributed by atoms with van der Waals surface area (Å²) < 4.78 is 0. The SMILES string of the molecule is CC1=CCC(/C(C)=C/CCC(C)C)CC1. The van der Waals surface area contributed by atoms with Gasteiger partial charge >= 0.3 is 0 Å². The Kier molecular flexibility index (Phi) is 5.14. The standard InChI is InChI=1S/C15H26/c1-12(2)6-5-7-14(4)15-10-8-13(3)9-11-15/h7-8,12,15H,5-6,9-11H2,1-4H3/b14-7+. The van der Waals surface area contributed by atoms with Crippen molar-refractivity contribution in [1.82, 2.24) is 0 Å². The second-order valence-electron chi connectivity index (χ2n) is 5.44. The van der Waals surface area contributed by atoms with Crippen LogP contribution < -0.4 is 0 Å². The molecule has 1 rings (SSSR count). The molecule has 0 saturated heterocycles. The molecule has 1 atom stereocenters. The molecule has 0 aromatic heterocycles. The van der Waals surface area contributed by atoms with E-state index in [9.17, 15) is 0 Å². The molecule has 0 aliphatic heterocycles. The van der Waals surface area contributed by atoms with Gasteiger partial charge in [0.25, 0.3) is 0 Å². The summed E-state index contributed by atoms with van der Waals surface area (Å²) in [5.74, 6) is 1.67. The van der Waals surface area contributed by atoms with Crippen molar-refractivity contribution in [3.05, 3.63) is 23.3 Å². The minimum atomic E-state index is 0.834. The topological polar surface area (TPSA) is 0 Å². The average molecular weight is 206 g/mol. The number of rotatable bonds is 4. The van der Waals surface area contributed by atoms with Crippen LogP contribution in [0.4, 0.5) is 0 Å². The van der Waals surface area contributed by atoms with E-state index in [2.05, 4.69) is 39.8 Å². The van der Waals surface area contributed by atoms with E-state index in [-0.39, 0.29) is 0 Å². The van der Waals surface area contributed by atoms with Gasteiger partial charge in [0.2, 0.25) is 0 Å². The minimum Gasteiger partial charge on any atom is -0.0853 e. The van der Waals surface area contributed by atoms with Gasteiger partial charge in [-0.2, -0.15) is 0 Å². The van der Waals surface area contributed by atoms with Gasteiger partial charge in [-0.25, -0.2) is 0 Å². The lowest BCUT2D eigenvalue weighted by Gasteiger charge is -2.21. The first kappa shape index (κ1) is 12.5. The van der Waals surface area contributed by atoms with Gasteiger partial charge in [0.1, 0.15) is 0 Å². The van der Waals surface area contributed by atoms with Crippen LogP contribution in [0.25, 0.3) is 0 Å². The van der Waals surface area contributed by atoms with Crippen molar-refractivity contribution in [3.8, 4) is 0 Å². The molecular weight excluding hydrogens is 180 g/mol. The van der Waals surface area contributed by atoms with Gasteiger partial charge in [-0.3, -0.25) is 0 Å². The van der Waals surface area contributed by atoms with Crippen LogP contribution in [0.15, 0.2) is 23.3 Å². The predicted molar refractivity (Wildman–Crippen MR) is 68.9 cm³/mol. The van der Waals surface area contributed by atoms with Gasteiger partial charge in [0.05, 0.1) is 0 Å². The molecule has 1 aliphatic rings. The highest BCUT2D eigenvalue weighted by Gasteiger charge is 2.13. The smallest absolute Gasteiger partial charge is 0.0168 e. The first-order valence-corrected chi connectivity index (χ1v) is 6.42. The first-order valence-electron chi connectivity index (χ1n) is 6.42. The van der Waals surface area contributed by atoms with Crippen LogP contribution in [0.5, 0.6) is 0 Å². The van der Waals surface area contributed by atoms with Crippen LogP contribution in [0, 0.1) is 11.8 Å². The van der Waals surface area contributed by atoms with Crippen LogP contribution in [-0.4, -0.2) is 0 Å². The van der Waals surface area contributed by atoms with Gasteiger partial charge in [-0.15, -0.1) is 0 Å². The van der Waals surface area contributed by atoms with E-state index >= 15 is 0 Å². The Morgan fingerprint density at radius 1 is 1.53 bits per heavy atom. The van der Waals surface area contributed by atoms with Crippen LogP contribution in [0.3, 0.4) is 0 Å². The Bertz CT molecular complexity index is 243. The lowest BCUT2D eigenvalue weighted by molar-refractivity contribution is 0.532. The third-order valence-corrected chi connectivity index (χ3v) is 3.49. The van der Waals surface area contributed by atoms with Crippen molar-refractivity contribution < 1.29 is 0 Å². The molecule has 1 unspecified atom stereocenters. The van der Waals surface area contributed by atoms with Crippen LogP contribution in [0.1, 0.15) is 59.8 Å². The minimum absolute atomic E-state index is 0.834. The fraction of sp³-hybridized carbons (Fsp3) is 0.733. The molecule has 86 valence electrons. The molecule has 0 aromatic rings. The van der Waals surface area contributed by atoms with Crippen molar-refractivity contribution in [2.75, 3.05) is 0 Å². The molecule has 1 aliphatic carbocycles. The fourth-order valence-electron chi connectivity index (χ4n) is 2.19. The summed E-state index contributed by atoms with van der Waals surface area (Å²) in [6, 6.07) is 0. The first-order chi connectivity index (χ1) is 7.09. The molecule has 0 bridgehead atoms. The van der Waals surface area contributed by atoms with Gasteiger partial charge in [-0.05, 0) is 57.8 Å². The number of hydrogen-bond donors (Lipinski definition) is 0. The zero-order valence-corrected chi connectivity index (χ0v) is 10.8. The molecule has 0 saturated carbocycles. The second-order valence-corrected chi connectivity index (χ2v) is 5.44. The van der Waals surface area contributed by atoms with Crippen LogP contribution >= 0.6 is 0 Å². The molecule has 0 fully saturated rings. The molecular formula is C15H26. The van der Waals surface area contributed by atoms with E-state index in [0.29, 0.717) is 0 Å². The third kappa shape index (κ3) is 4.68. The van der Waals surface area contributed by atoms with Crippen LogP contribution in [0.2, 0.25) is 0 Å². The Labute approximate surface area is 95.5 Å². The summed E-state index contributed by atoms with van der Waals surface area (Å²) in [6.45, 7) is 9.18. The lowest BCUT2D eigenvalue weighted by atomic mass is 9.85. The summed E-state index contributed by atoms with van der Waals surface area (Å²) in [7, 11) is 0. The Morgan fingerprint density at radius 3 is 2.80 bits per heavy atom. The summed E-state index contributed by atoms with van der Waals surface area (Å²) in [5.41, 5.74) is 3.21. The Hall–Kier alpha value is -0.520. The third-order valence-electron chi connectivity index (χ3n) is 3.49. The summed E-state index contributed by atoms with van der Waals surface area (Å²) in [5, 5.41) is 0. The molecule has 0 amide bonds. The number of allylic oxidation sites excluding steroid dienone is 4. The molecule has 0 spiro atoms. The Balaban J connectivity index is 2.36. The maximum atomic E-state index is 2.47. The quantitative estimate of drug-likeness (QED) is 0.560.